The van der Waals surface area contributed by atoms with Gasteiger partial charge in [0.15, 0.2) is 0 Å². The van der Waals surface area contributed by atoms with Crippen LogP contribution in [0.5, 0.6) is 0 Å². The average molecular weight is 561 g/mol. The van der Waals surface area contributed by atoms with Crippen LogP contribution in [0.4, 0.5) is 11.4 Å². The van der Waals surface area contributed by atoms with E-state index < -0.39 is 22.7 Å². The first-order chi connectivity index (χ1) is 18.7. The van der Waals surface area contributed by atoms with E-state index in [2.05, 4.69) is 90.8 Å². The number of carboxylic acids is 2. The van der Waals surface area contributed by atoms with Gasteiger partial charge in [-0.15, -0.1) is 0 Å². The van der Waals surface area contributed by atoms with Crippen molar-refractivity contribution in [3.8, 4) is 0 Å². The molecule has 0 aromatic heterocycles. The summed E-state index contributed by atoms with van der Waals surface area (Å²) >= 11 is 0. The summed E-state index contributed by atoms with van der Waals surface area (Å²) in [5.74, 6) is -2.61. The summed E-state index contributed by atoms with van der Waals surface area (Å²) in [7, 11) is 11.5. The third kappa shape index (κ3) is 10.2. The highest BCUT2D eigenvalue weighted by molar-refractivity contribution is 7.85. The molecule has 0 radical (unpaired) electrons. The first kappa shape index (κ1) is 32.1. The van der Waals surface area contributed by atoms with E-state index in [9.17, 15) is 24.0 Å². The molecular formula is C32H36N2O5S. The monoisotopic (exact) mass is 560 g/mol. The van der Waals surface area contributed by atoms with Crippen LogP contribution in [0.15, 0.2) is 119 Å². The third-order valence-corrected chi connectivity index (χ3v) is 7.07. The Labute approximate surface area is 239 Å². The van der Waals surface area contributed by atoms with Crippen LogP contribution in [-0.4, -0.2) is 58.4 Å². The van der Waals surface area contributed by atoms with Crippen molar-refractivity contribution in [1.82, 2.24) is 8.97 Å². The molecular weight excluding hydrogens is 524 g/mol. The van der Waals surface area contributed by atoms with E-state index in [1.54, 1.807) is 0 Å². The quantitative estimate of drug-likeness (QED) is 0.337. The maximum atomic E-state index is 12.2. The van der Waals surface area contributed by atoms with Gasteiger partial charge in [0.2, 0.25) is 0 Å². The standard InChI is InChI=1S/C14H10O5S.2C9H14N/c15-13(16)9-1-5-11(6-2-9)20(19)12-7-3-10(4-8-12)14(17)18;2*1-10(2,3)9-7-5-4-6-8-9/h1-8H,(H,15,16)(H,17,18);2*4-8H,1-3H3/q;2*+1/p-2. The molecule has 40 heavy (non-hydrogen) atoms. The second kappa shape index (κ2) is 14.3. The summed E-state index contributed by atoms with van der Waals surface area (Å²) in [6.45, 7) is 0. The molecule has 0 bridgehead atoms. The number of para-hydroxylation sites is 2. The van der Waals surface area contributed by atoms with Crippen LogP contribution in [0.25, 0.3) is 0 Å². The molecule has 0 aliphatic carbocycles. The highest BCUT2D eigenvalue weighted by Gasteiger charge is 2.10. The molecule has 4 aromatic rings. The Morgan fingerprint density at radius 2 is 0.775 bits per heavy atom. The van der Waals surface area contributed by atoms with Crippen molar-refractivity contribution in [3.05, 3.63) is 120 Å². The van der Waals surface area contributed by atoms with E-state index >= 15 is 0 Å². The Balaban J connectivity index is 0.000000235. The third-order valence-electron chi connectivity index (χ3n) is 5.67. The highest BCUT2D eigenvalue weighted by atomic mass is 32.2. The molecule has 0 fully saturated rings. The minimum absolute atomic E-state index is 0.00181. The molecule has 8 heteroatoms. The maximum absolute atomic E-state index is 12.2. The van der Waals surface area contributed by atoms with Crippen molar-refractivity contribution in [2.24, 2.45) is 0 Å². The fourth-order valence-corrected chi connectivity index (χ4v) is 4.35. The summed E-state index contributed by atoms with van der Waals surface area (Å²) in [5.41, 5.74) is 2.67. The van der Waals surface area contributed by atoms with Gasteiger partial charge < -0.3 is 19.8 Å². The van der Waals surface area contributed by atoms with E-state index in [0.29, 0.717) is 9.79 Å². The zero-order chi connectivity index (χ0) is 29.9. The molecule has 0 N–H and O–H groups in total. The van der Waals surface area contributed by atoms with Crippen molar-refractivity contribution in [3.63, 3.8) is 0 Å². The van der Waals surface area contributed by atoms with E-state index in [-0.39, 0.29) is 11.1 Å². The topological polar surface area (TPSA) is 97.3 Å². The number of rotatable bonds is 6. The lowest BCUT2D eigenvalue weighted by Gasteiger charge is -2.22. The lowest BCUT2D eigenvalue weighted by Crippen LogP contribution is -2.34. The van der Waals surface area contributed by atoms with Crippen LogP contribution >= 0.6 is 0 Å². The van der Waals surface area contributed by atoms with Crippen LogP contribution in [0, 0.1) is 0 Å². The minimum Gasteiger partial charge on any atom is -0.545 e. The molecule has 7 nitrogen and oxygen atoms in total. The molecule has 4 aromatic carbocycles. The number of benzene rings is 4. The Hall–Kier alpha value is -4.11. The van der Waals surface area contributed by atoms with Crippen molar-refractivity contribution >= 4 is 34.1 Å². The minimum atomic E-state index is -1.52. The van der Waals surface area contributed by atoms with Crippen molar-refractivity contribution in [2.75, 3.05) is 42.3 Å². The maximum Gasteiger partial charge on any atom is 0.132 e. The summed E-state index contributed by atoms with van der Waals surface area (Å²) < 4.78 is 14.0. The largest absolute Gasteiger partial charge is 0.545 e. The number of aromatic carboxylic acids is 2. The van der Waals surface area contributed by atoms with Gasteiger partial charge in [-0.1, -0.05) is 60.7 Å². The predicted molar refractivity (Wildman–Crippen MR) is 158 cm³/mol. The number of quaternary nitrogens is 2. The Bertz CT molecular complexity index is 1280. The van der Waals surface area contributed by atoms with Gasteiger partial charge in [-0.2, -0.15) is 0 Å². The van der Waals surface area contributed by atoms with E-state index in [0.717, 1.165) is 8.97 Å². The molecule has 0 aliphatic heterocycles. The second-order valence-electron chi connectivity index (χ2n) is 10.6. The van der Waals surface area contributed by atoms with Gasteiger partial charge in [0.25, 0.3) is 0 Å². The SMILES string of the molecule is C[N+](C)(C)c1ccccc1.C[N+](C)(C)c1ccccc1.O=C([O-])c1ccc(S(=O)c2ccc(C(=O)[O-])cc2)cc1. The molecule has 0 atom stereocenters. The molecule has 0 spiro atoms. The van der Waals surface area contributed by atoms with Crippen molar-refractivity contribution < 1.29 is 24.0 Å². The number of hydrogen-bond acceptors (Lipinski definition) is 5. The lowest BCUT2D eigenvalue weighted by atomic mass is 10.2. The number of hydrogen-bond donors (Lipinski definition) is 0. The molecule has 0 heterocycles. The first-order valence-corrected chi connectivity index (χ1v) is 13.6. The van der Waals surface area contributed by atoms with E-state index in [1.165, 1.54) is 59.9 Å². The smallest absolute Gasteiger partial charge is 0.132 e. The zero-order valence-corrected chi connectivity index (χ0v) is 24.6. The van der Waals surface area contributed by atoms with Crippen LogP contribution in [0.2, 0.25) is 0 Å². The Morgan fingerprint density at radius 3 is 0.975 bits per heavy atom. The Kier molecular flexibility index (Phi) is 11.5. The predicted octanol–water partition coefficient (Wildman–Crippen LogP) is 3.35. The molecule has 0 unspecified atom stereocenters. The van der Waals surface area contributed by atoms with Gasteiger partial charge in [0, 0.05) is 9.79 Å². The van der Waals surface area contributed by atoms with Crippen LogP contribution in [0.1, 0.15) is 20.7 Å². The lowest BCUT2D eigenvalue weighted by molar-refractivity contribution is -0.256. The van der Waals surface area contributed by atoms with Crippen molar-refractivity contribution in [2.45, 2.75) is 9.79 Å². The summed E-state index contributed by atoms with van der Waals surface area (Å²) in [6, 6.07) is 31.8. The molecule has 4 rings (SSSR count). The number of carbonyl (C=O) groups is 2. The molecule has 0 saturated heterocycles. The van der Waals surface area contributed by atoms with Gasteiger partial charge in [-0.25, -0.2) is 4.21 Å². The fourth-order valence-electron chi connectivity index (χ4n) is 3.32. The number of carboxylic acid groups (broad SMARTS) is 2. The molecule has 210 valence electrons. The highest BCUT2D eigenvalue weighted by Crippen LogP contribution is 2.18. The van der Waals surface area contributed by atoms with Crippen molar-refractivity contribution in [1.29, 1.82) is 0 Å². The van der Waals surface area contributed by atoms with Gasteiger partial charge in [-0.05, 0) is 59.7 Å². The van der Waals surface area contributed by atoms with Crippen LogP contribution < -0.4 is 19.2 Å². The summed E-state index contributed by atoms with van der Waals surface area (Å²) in [5, 5.41) is 21.2. The Morgan fingerprint density at radius 1 is 0.500 bits per heavy atom. The van der Waals surface area contributed by atoms with Crippen LogP contribution in [-0.2, 0) is 10.8 Å². The van der Waals surface area contributed by atoms with Gasteiger partial charge >= 0.3 is 0 Å². The normalized spacial score (nSPS) is 11.0. The fraction of sp³-hybridized carbons (Fsp3) is 0.188. The van der Waals surface area contributed by atoms with Gasteiger partial charge in [-0.3, -0.25) is 8.97 Å². The zero-order valence-electron chi connectivity index (χ0n) is 23.7. The van der Waals surface area contributed by atoms with Gasteiger partial charge in [0.1, 0.15) is 11.4 Å². The molecule has 0 aliphatic rings. The number of nitrogens with zero attached hydrogens (tertiary/aromatic N) is 2. The number of carbonyl (C=O) groups excluding carboxylic acids is 2. The van der Waals surface area contributed by atoms with E-state index in [1.807, 2.05) is 12.1 Å². The molecule has 0 amide bonds. The van der Waals surface area contributed by atoms with Gasteiger partial charge in [0.05, 0.1) is 65.0 Å². The molecule has 0 saturated carbocycles. The summed E-state index contributed by atoms with van der Waals surface area (Å²) in [4.78, 5) is 22.0. The van der Waals surface area contributed by atoms with E-state index in [4.69, 9.17) is 0 Å². The average Bonchev–Trinajstić information content (AvgIpc) is 2.93. The van der Waals surface area contributed by atoms with Crippen LogP contribution in [0.3, 0.4) is 0 Å². The first-order valence-electron chi connectivity index (χ1n) is 12.5. The summed E-state index contributed by atoms with van der Waals surface area (Å²) in [6.07, 6.45) is 0. The second-order valence-corrected chi connectivity index (χ2v) is 12.1.